The first kappa shape index (κ1) is 11.0. The van der Waals surface area contributed by atoms with Crippen molar-refractivity contribution in [1.29, 1.82) is 0 Å². The smallest absolute Gasteiger partial charge is 0.150 e. The van der Waals surface area contributed by atoms with E-state index in [1.54, 1.807) is 12.5 Å². The van der Waals surface area contributed by atoms with Gasteiger partial charge in [-0.15, -0.1) is 0 Å². The summed E-state index contributed by atoms with van der Waals surface area (Å²) in [7, 11) is 0. The van der Waals surface area contributed by atoms with Crippen LogP contribution in [0.1, 0.15) is 36.8 Å². The van der Waals surface area contributed by atoms with Crippen LogP contribution < -0.4 is 5.32 Å². The van der Waals surface area contributed by atoms with E-state index in [0.717, 1.165) is 23.6 Å². The van der Waals surface area contributed by atoms with Gasteiger partial charge in [0.05, 0.1) is 24.8 Å². The Hall–Kier alpha value is -1.55. The fourth-order valence-corrected chi connectivity index (χ4v) is 1.41. The molecule has 2 rings (SSSR count). The molecule has 2 aromatic rings. The van der Waals surface area contributed by atoms with Crippen molar-refractivity contribution < 1.29 is 8.94 Å². The highest BCUT2D eigenvalue weighted by atomic mass is 16.5. The van der Waals surface area contributed by atoms with Crippen LogP contribution in [0.25, 0.3) is 0 Å². The summed E-state index contributed by atoms with van der Waals surface area (Å²) in [6.45, 7) is 5.65. The van der Waals surface area contributed by atoms with Crippen molar-refractivity contribution in [2.45, 2.75) is 32.9 Å². The summed E-state index contributed by atoms with van der Waals surface area (Å²) in [4.78, 5) is 0. The van der Waals surface area contributed by atoms with Gasteiger partial charge in [0, 0.05) is 18.2 Å². The van der Waals surface area contributed by atoms with Crippen LogP contribution in [0.2, 0.25) is 0 Å². The third-order valence-electron chi connectivity index (χ3n) is 2.38. The number of furan rings is 1. The molecular formula is C12H16N2O2. The molecule has 0 aliphatic heterocycles. The van der Waals surface area contributed by atoms with Crippen molar-refractivity contribution in [2.75, 3.05) is 0 Å². The van der Waals surface area contributed by atoms with Crippen molar-refractivity contribution in [3.63, 3.8) is 0 Å². The predicted octanol–water partition coefficient (Wildman–Crippen LogP) is 2.68. The van der Waals surface area contributed by atoms with E-state index in [9.17, 15) is 0 Å². The molecule has 0 amide bonds. The minimum Gasteiger partial charge on any atom is -0.472 e. The average molecular weight is 220 g/mol. The van der Waals surface area contributed by atoms with Gasteiger partial charge >= 0.3 is 0 Å². The molecule has 4 nitrogen and oxygen atoms in total. The minimum atomic E-state index is 0.409. The van der Waals surface area contributed by atoms with E-state index in [1.807, 2.05) is 12.1 Å². The fraction of sp³-hybridized carbons (Fsp3) is 0.417. The van der Waals surface area contributed by atoms with Crippen LogP contribution in [-0.2, 0) is 13.1 Å². The van der Waals surface area contributed by atoms with E-state index < -0.39 is 0 Å². The molecule has 0 atom stereocenters. The lowest BCUT2D eigenvalue weighted by molar-refractivity contribution is 0.365. The first-order valence-electron chi connectivity index (χ1n) is 5.43. The molecule has 16 heavy (non-hydrogen) atoms. The van der Waals surface area contributed by atoms with E-state index in [4.69, 9.17) is 8.94 Å². The molecular weight excluding hydrogens is 204 g/mol. The number of hydrogen-bond acceptors (Lipinski definition) is 4. The minimum absolute atomic E-state index is 0.409. The summed E-state index contributed by atoms with van der Waals surface area (Å²) in [5.74, 6) is 1.28. The summed E-state index contributed by atoms with van der Waals surface area (Å²) < 4.78 is 10.2. The average Bonchev–Trinajstić information content (AvgIpc) is 2.87. The van der Waals surface area contributed by atoms with Crippen molar-refractivity contribution in [3.8, 4) is 0 Å². The Morgan fingerprint density at radius 1 is 1.38 bits per heavy atom. The normalized spacial score (nSPS) is 11.2. The highest BCUT2D eigenvalue weighted by molar-refractivity contribution is 5.09. The SMILES string of the molecule is CC(C)c1cc(CNCc2ccoc2)on1. The van der Waals surface area contributed by atoms with Crippen molar-refractivity contribution in [2.24, 2.45) is 0 Å². The molecule has 2 heterocycles. The maximum atomic E-state index is 5.21. The lowest BCUT2D eigenvalue weighted by atomic mass is 10.1. The third kappa shape index (κ3) is 2.73. The van der Waals surface area contributed by atoms with Gasteiger partial charge in [-0.1, -0.05) is 19.0 Å². The Morgan fingerprint density at radius 3 is 2.88 bits per heavy atom. The van der Waals surface area contributed by atoms with Gasteiger partial charge in [-0.3, -0.25) is 0 Å². The first-order chi connectivity index (χ1) is 7.75. The molecule has 0 fully saturated rings. The highest BCUT2D eigenvalue weighted by Crippen LogP contribution is 2.13. The standard InChI is InChI=1S/C12H16N2O2/c1-9(2)12-5-11(16-14-12)7-13-6-10-3-4-15-8-10/h3-5,8-9,13H,6-7H2,1-2H3. The Labute approximate surface area is 94.6 Å². The van der Waals surface area contributed by atoms with Crippen molar-refractivity contribution in [3.05, 3.63) is 41.7 Å². The number of nitrogens with zero attached hydrogens (tertiary/aromatic N) is 1. The molecule has 0 unspecified atom stereocenters. The van der Waals surface area contributed by atoms with Crippen molar-refractivity contribution in [1.82, 2.24) is 10.5 Å². The van der Waals surface area contributed by atoms with Gasteiger partial charge in [-0.25, -0.2) is 0 Å². The van der Waals surface area contributed by atoms with Crippen LogP contribution in [0.5, 0.6) is 0 Å². The summed E-state index contributed by atoms with van der Waals surface area (Å²) in [5.41, 5.74) is 2.13. The molecule has 0 aliphatic carbocycles. The number of nitrogens with one attached hydrogen (secondary N) is 1. The number of rotatable bonds is 5. The second-order valence-corrected chi connectivity index (χ2v) is 4.11. The van der Waals surface area contributed by atoms with E-state index >= 15 is 0 Å². The van der Waals surface area contributed by atoms with E-state index in [0.29, 0.717) is 12.5 Å². The summed E-state index contributed by atoms with van der Waals surface area (Å²) >= 11 is 0. The largest absolute Gasteiger partial charge is 0.472 e. The van der Waals surface area contributed by atoms with Crippen molar-refractivity contribution >= 4 is 0 Å². The van der Waals surface area contributed by atoms with Gasteiger partial charge in [-0.05, 0) is 12.0 Å². The summed E-state index contributed by atoms with van der Waals surface area (Å²) in [6.07, 6.45) is 3.40. The number of aromatic nitrogens is 1. The zero-order valence-corrected chi connectivity index (χ0v) is 9.56. The van der Waals surface area contributed by atoms with Crippen LogP contribution in [0.3, 0.4) is 0 Å². The third-order valence-corrected chi connectivity index (χ3v) is 2.38. The van der Waals surface area contributed by atoms with Crippen LogP contribution in [0.15, 0.2) is 33.6 Å². The van der Waals surface area contributed by atoms with Crippen LogP contribution in [0.4, 0.5) is 0 Å². The maximum Gasteiger partial charge on any atom is 0.150 e. The monoisotopic (exact) mass is 220 g/mol. The molecule has 0 radical (unpaired) electrons. The molecule has 0 aromatic carbocycles. The Balaban J connectivity index is 1.81. The zero-order chi connectivity index (χ0) is 11.4. The molecule has 2 aromatic heterocycles. The van der Waals surface area contributed by atoms with Crippen LogP contribution >= 0.6 is 0 Å². The van der Waals surface area contributed by atoms with Gasteiger partial charge in [0.25, 0.3) is 0 Å². The van der Waals surface area contributed by atoms with E-state index in [1.165, 1.54) is 0 Å². The van der Waals surface area contributed by atoms with Gasteiger partial charge in [0.2, 0.25) is 0 Å². The van der Waals surface area contributed by atoms with E-state index in [2.05, 4.69) is 24.3 Å². The fourth-order valence-electron chi connectivity index (χ4n) is 1.41. The Bertz CT molecular complexity index is 418. The van der Waals surface area contributed by atoms with Gasteiger partial charge in [0.1, 0.15) is 0 Å². The second-order valence-electron chi connectivity index (χ2n) is 4.11. The predicted molar refractivity (Wildman–Crippen MR) is 59.8 cm³/mol. The van der Waals surface area contributed by atoms with E-state index in [-0.39, 0.29) is 0 Å². The van der Waals surface area contributed by atoms with Gasteiger partial charge in [-0.2, -0.15) is 0 Å². The molecule has 0 aliphatic rings. The molecule has 86 valence electrons. The van der Waals surface area contributed by atoms with Gasteiger partial charge < -0.3 is 14.3 Å². The first-order valence-corrected chi connectivity index (χ1v) is 5.43. The molecule has 0 bridgehead atoms. The summed E-state index contributed by atoms with van der Waals surface area (Å²) in [5, 5.41) is 7.26. The second kappa shape index (κ2) is 4.99. The molecule has 4 heteroatoms. The topological polar surface area (TPSA) is 51.2 Å². The lowest BCUT2D eigenvalue weighted by Gasteiger charge is -1.98. The summed E-state index contributed by atoms with van der Waals surface area (Å²) in [6, 6.07) is 3.93. The van der Waals surface area contributed by atoms with Gasteiger partial charge in [0.15, 0.2) is 5.76 Å². The molecule has 0 spiro atoms. The molecule has 1 N–H and O–H groups in total. The maximum absolute atomic E-state index is 5.21. The Morgan fingerprint density at radius 2 is 2.25 bits per heavy atom. The van der Waals surface area contributed by atoms with Crippen LogP contribution in [0, 0.1) is 0 Å². The van der Waals surface area contributed by atoms with Crippen LogP contribution in [-0.4, -0.2) is 5.16 Å². The Kier molecular flexibility index (Phi) is 3.41. The molecule has 0 saturated carbocycles. The zero-order valence-electron chi connectivity index (χ0n) is 9.56. The lowest BCUT2D eigenvalue weighted by Crippen LogP contribution is -2.11. The molecule has 0 saturated heterocycles. The highest BCUT2D eigenvalue weighted by Gasteiger charge is 2.06. The quantitative estimate of drug-likeness (QED) is 0.841. The number of hydrogen-bond donors (Lipinski definition) is 1.